The fourth-order valence-electron chi connectivity index (χ4n) is 1.91. The highest BCUT2D eigenvalue weighted by Crippen LogP contribution is 2.22. The number of aromatic nitrogens is 1. The molecule has 0 spiro atoms. The van der Waals surface area contributed by atoms with Crippen molar-refractivity contribution in [1.29, 1.82) is 0 Å². The van der Waals surface area contributed by atoms with E-state index in [-0.39, 0.29) is 10.9 Å². The van der Waals surface area contributed by atoms with Gasteiger partial charge in [0.15, 0.2) is 0 Å². The van der Waals surface area contributed by atoms with Gasteiger partial charge in [-0.05, 0) is 43.7 Å². The molecule has 1 aromatic heterocycles. The first kappa shape index (κ1) is 14.5. The second-order valence-electron chi connectivity index (χ2n) is 4.62. The van der Waals surface area contributed by atoms with Crippen molar-refractivity contribution in [2.75, 3.05) is 5.32 Å². The van der Waals surface area contributed by atoms with Crippen LogP contribution in [0.5, 0.6) is 0 Å². The van der Waals surface area contributed by atoms with Crippen LogP contribution in [0.15, 0.2) is 47.5 Å². The molecule has 0 aliphatic carbocycles. The van der Waals surface area contributed by atoms with Gasteiger partial charge in [0.2, 0.25) is 10.0 Å². The van der Waals surface area contributed by atoms with E-state index in [1.165, 1.54) is 6.07 Å². The molecule has 0 bridgehead atoms. The van der Waals surface area contributed by atoms with Crippen molar-refractivity contribution in [2.45, 2.75) is 24.8 Å². The number of benzene rings is 1. The SMILES string of the molecule is Cc1ncccc1NC(C)c1cccc(S(N)(=O)=O)c1. The molecule has 2 rings (SSSR count). The summed E-state index contributed by atoms with van der Waals surface area (Å²) in [6.07, 6.45) is 1.73. The minimum atomic E-state index is -3.68. The van der Waals surface area contributed by atoms with Crippen molar-refractivity contribution >= 4 is 15.7 Å². The smallest absolute Gasteiger partial charge is 0.238 e. The van der Waals surface area contributed by atoms with Crippen LogP contribution in [0.1, 0.15) is 24.2 Å². The van der Waals surface area contributed by atoms with Gasteiger partial charge in [-0.15, -0.1) is 0 Å². The zero-order chi connectivity index (χ0) is 14.8. The predicted octanol–water partition coefficient (Wildman–Crippen LogP) is 2.21. The number of primary sulfonamides is 1. The van der Waals surface area contributed by atoms with E-state index in [9.17, 15) is 8.42 Å². The van der Waals surface area contributed by atoms with E-state index in [1.807, 2.05) is 32.0 Å². The van der Waals surface area contributed by atoms with Crippen molar-refractivity contribution in [2.24, 2.45) is 5.14 Å². The molecule has 0 aliphatic rings. The molecule has 1 heterocycles. The van der Waals surface area contributed by atoms with Crippen LogP contribution in [-0.2, 0) is 10.0 Å². The maximum Gasteiger partial charge on any atom is 0.238 e. The summed E-state index contributed by atoms with van der Waals surface area (Å²) in [6, 6.07) is 10.3. The molecule has 3 N–H and O–H groups in total. The van der Waals surface area contributed by atoms with Crippen LogP contribution in [0.4, 0.5) is 5.69 Å². The molecule has 106 valence electrons. The Morgan fingerprint density at radius 3 is 2.65 bits per heavy atom. The summed E-state index contributed by atoms with van der Waals surface area (Å²) in [5.74, 6) is 0. The van der Waals surface area contributed by atoms with Crippen molar-refractivity contribution in [3.05, 3.63) is 53.9 Å². The Morgan fingerprint density at radius 2 is 2.00 bits per heavy atom. The maximum absolute atomic E-state index is 11.4. The van der Waals surface area contributed by atoms with Crippen LogP contribution < -0.4 is 10.5 Å². The summed E-state index contributed by atoms with van der Waals surface area (Å²) in [6.45, 7) is 3.87. The second-order valence-corrected chi connectivity index (χ2v) is 6.18. The largest absolute Gasteiger partial charge is 0.377 e. The highest BCUT2D eigenvalue weighted by molar-refractivity contribution is 7.89. The third-order valence-electron chi connectivity index (χ3n) is 3.07. The van der Waals surface area contributed by atoms with E-state index in [1.54, 1.807) is 18.3 Å². The number of anilines is 1. The Bertz CT molecular complexity index is 714. The molecule has 0 amide bonds. The molecular weight excluding hydrogens is 274 g/mol. The molecule has 0 saturated heterocycles. The number of hydrogen-bond donors (Lipinski definition) is 2. The van der Waals surface area contributed by atoms with Crippen LogP contribution in [0.3, 0.4) is 0 Å². The van der Waals surface area contributed by atoms with Gasteiger partial charge in [0, 0.05) is 12.2 Å². The zero-order valence-electron chi connectivity index (χ0n) is 11.4. The van der Waals surface area contributed by atoms with Crippen LogP contribution in [0.2, 0.25) is 0 Å². The van der Waals surface area contributed by atoms with Crippen LogP contribution in [0, 0.1) is 6.92 Å². The summed E-state index contributed by atoms with van der Waals surface area (Å²) >= 11 is 0. The molecular formula is C14H17N3O2S. The maximum atomic E-state index is 11.4. The number of pyridine rings is 1. The topological polar surface area (TPSA) is 85.1 Å². The number of hydrogen-bond acceptors (Lipinski definition) is 4. The van der Waals surface area contributed by atoms with E-state index in [4.69, 9.17) is 5.14 Å². The lowest BCUT2D eigenvalue weighted by molar-refractivity contribution is 0.597. The quantitative estimate of drug-likeness (QED) is 0.904. The molecule has 0 radical (unpaired) electrons. The summed E-state index contributed by atoms with van der Waals surface area (Å²) in [7, 11) is -3.68. The van der Waals surface area contributed by atoms with Crippen molar-refractivity contribution < 1.29 is 8.42 Å². The Hall–Kier alpha value is -1.92. The molecule has 1 atom stereocenters. The molecule has 2 aromatic rings. The lowest BCUT2D eigenvalue weighted by Gasteiger charge is -2.17. The van der Waals surface area contributed by atoms with Gasteiger partial charge < -0.3 is 5.32 Å². The molecule has 0 aliphatic heterocycles. The van der Waals surface area contributed by atoms with Crippen molar-refractivity contribution in [1.82, 2.24) is 4.98 Å². The molecule has 1 aromatic carbocycles. The number of nitrogens with zero attached hydrogens (tertiary/aromatic N) is 1. The second kappa shape index (κ2) is 5.60. The zero-order valence-corrected chi connectivity index (χ0v) is 12.2. The third kappa shape index (κ3) is 3.34. The van der Waals surface area contributed by atoms with Crippen LogP contribution in [-0.4, -0.2) is 13.4 Å². The average Bonchev–Trinajstić information content (AvgIpc) is 2.40. The Morgan fingerprint density at radius 1 is 1.25 bits per heavy atom. The Labute approximate surface area is 118 Å². The first-order chi connectivity index (χ1) is 9.38. The number of nitrogens with two attached hydrogens (primary N) is 1. The number of aryl methyl sites for hydroxylation is 1. The summed E-state index contributed by atoms with van der Waals surface area (Å²) < 4.78 is 22.7. The van der Waals surface area contributed by atoms with Crippen molar-refractivity contribution in [3.8, 4) is 0 Å². The van der Waals surface area contributed by atoms with Crippen molar-refractivity contribution in [3.63, 3.8) is 0 Å². The Balaban J connectivity index is 2.26. The van der Waals surface area contributed by atoms with Gasteiger partial charge in [0.1, 0.15) is 0 Å². The normalized spacial score (nSPS) is 12.9. The molecule has 0 fully saturated rings. The molecule has 0 saturated carbocycles. The standard InChI is InChI=1S/C14H17N3O2S/c1-10(17-14-7-4-8-16-11(14)2)12-5-3-6-13(9-12)20(15,18)19/h3-10,17H,1-2H3,(H2,15,18,19). The van der Waals surface area contributed by atoms with E-state index in [2.05, 4.69) is 10.3 Å². The van der Waals surface area contributed by atoms with Gasteiger partial charge >= 0.3 is 0 Å². The highest BCUT2D eigenvalue weighted by atomic mass is 32.2. The fraction of sp³-hybridized carbons (Fsp3) is 0.214. The third-order valence-corrected chi connectivity index (χ3v) is 3.98. The van der Waals surface area contributed by atoms with Gasteiger partial charge in [-0.25, -0.2) is 13.6 Å². The van der Waals surface area contributed by atoms with Crippen LogP contribution in [0.25, 0.3) is 0 Å². The van der Waals surface area contributed by atoms with E-state index < -0.39 is 10.0 Å². The van der Waals surface area contributed by atoms with Gasteiger partial charge in [-0.1, -0.05) is 12.1 Å². The summed E-state index contributed by atoms with van der Waals surface area (Å²) in [4.78, 5) is 4.32. The van der Waals surface area contributed by atoms with E-state index in [0.717, 1.165) is 16.9 Å². The molecule has 1 unspecified atom stereocenters. The lowest BCUT2D eigenvalue weighted by Crippen LogP contribution is -2.14. The molecule has 5 nitrogen and oxygen atoms in total. The van der Waals surface area contributed by atoms with Gasteiger partial charge in [0.05, 0.1) is 16.3 Å². The Kier molecular flexibility index (Phi) is 4.06. The van der Waals surface area contributed by atoms with Gasteiger partial charge in [-0.3, -0.25) is 4.98 Å². The van der Waals surface area contributed by atoms with Gasteiger partial charge in [-0.2, -0.15) is 0 Å². The number of sulfonamides is 1. The first-order valence-corrected chi connectivity index (χ1v) is 7.73. The lowest BCUT2D eigenvalue weighted by atomic mass is 10.1. The number of nitrogens with one attached hydrogen (secondary N) is 1. The van der Waals surface area contributed by atoms with Gasteiger partial charge in [0.25, 0.3) is 0 Å². The minimum Gasteiger partial charge on any atom is -0.377 e. The molecule has 6 heteroatoms. The summed E-state index contributed by atoms with van der Waals surface area (Å²) in [5.41, 5.74) is 2.66. The average molecular weight is 291 g/mol. The fourth-order valence-corrected chi connectivity index (χ4v) is 2.48. The monoisotopic (exact) mass is 291 g/mol. The van der Waals surface area contributed by atoms with E-state index in [0.29, 0.717) is 0 Å². The highest BCUT2D eigenvalue weighted by Gasteiger charge is 2.12. The van der Waals surface area contributed by atoms with Crippen LogP contribution >= 0.6 is 0 Å². The van der Waals surface area contributed by atoms with E-state index >= 15 is 0 Å². The first-order valence-electron chi connectivity index (χ1n) is 6.19. The summed E-state index contributed by atoms with van der Waals surface area (Å²) in [5, 5.41) is 8.45. The number of rotatable bonds is 4. The predicted molar refractivity (Wildman–Crippen MR) is 78.8 cm³/mol. The minimum absolute atomic E-state index is 0.0559. The molecule has 20 heavy (non-hydrogen) atoms.